The molecule has 2 aromatic rings. The van der Waals surface area contributed by atoms with Gasteiger partial charge in [-0.1, -0.05) is 44.2 Å². The van der Waals surface area contributed by atoms with Crippen molar-refractivity contribution >= 4 is 11.5 Å². The van der Waals surface area contributed by atoms with Crippen molar-refractivity contribution in [2.75, 3.05) is 0 Å². The highest BCUT2D eigenvalue weighted by Gasteiger charge is 2.14. The molecule has 0 atom stereocenters. The summed E-state index contributed by atoms with van der Waals surface area (Å²) in [7, 11) is 0. The first kappa shape index (κ1) is 10.4. The van der Waals surface area contributed by atoms with Crippen LogP contribution in [0.1, 0.15) is 30.3 Å². The number of aryl methyl sites for hydroxylation is 1. The maximum atomic E-state index is 4.53. The van der Waals surface area contributed by atoms with E-state index in [-0.39, 0.29) is 0 Å². The molecule has 0 N–H and O–H groups in total. The Morgan fingerprint density at radius 1 is 1.13 bits per heavy atom. The molecule has 1 heterocycles. The quantitative estimate of drug-likeness (QED) is 0.733. The third kappa shape index (κ3) is 1.95. The minimum absolute atomic E-state index is 0.491. The van der Waals surface area contributed by atoms with Gasteiger partial charge in [0, 0.05) is 10.4 Å². The van der Waals surface area contributed by atoms with E-state index in [2.05, 4.69) is 49.4 Å². The Labute approximate surface area is 94.9 Å². The Morgan fingerprint density at radius 2 is 1.80 bits per heavy atom. The number of aromatic nitrogens is 1. The molecule has 2 rings (SSSR count). The summed E-state index contributed by atoms with van der Waals surface area (Å²) in [6, 6.07) is 10.5. The Kier molecular flexibility index (Phi) is 2.87. The first-order chi connectivity index (χ1) is 7.20. The minimum atomic E-state index is 0.491. The zero-order valence-electron chi connectivity index (χ0n) is 9.32. The van der Waals surface area contributed by atoms with Crippen LogP contribution in [0.4, 0.5) is 0 Å². The molecule has 0 saturated heterocycles. The van der Waals surface area contributed by atoms with E-state index in [1.807, 2.05) is 6.07 Å². The number of benzene rings is 1. The molecule has 0 bridgehead atoms. The predicted molar refractivity (Wildman–Crippen MR) is 66.4 cm³/mol. The molecule has 0 radical (unpaired) electrons. The van der Waals surface area contributed by atoms with Gasteiger partial charge in [-0.2, -0.15) is 4.37 Å². The maximum Gasteiger partial charge on any atom is 0.0648 e. The Bertz CT molecular complexity index is 443. The fraction of sp³-hybridized carbons (Fsp3) is 0.308. The minimum Gasteiger partial charge on any atom is -0.197 e. The third-order valence-electron chi connectivity index (χ3n) is 2.50. The summed E-state index contributed by atoms with van der Waals surface area (Å²) in [5.74, 6) is 0.491. The SMILES string of the molecule is Cc1snc(C(C)C)c1-c1ccccc1. The van der Waals surface area contributed by atoms with E-state index in [0.29, 0.717) is 5.92 Å². The lowest BCUT2D eigenvalue weighted by Gasteiger charge is -2.06. The van der Waals surface area contributed by atoms with Crippen LogP contribution >= 0.6 is 11.5 Å². The zero-order chi connectivity index (χ0) is 10.8. The summed E-state index contributed by atoms with van der Waals surface area (Å²) < 4.78 is 4.53. The van der Waals surface area contributed by atoms with Crippen molar-refractivity contribution < 1.29 is 0 Å². The standard InChI is InChI=1S/C13H15NS/c1-9(2)13-12(10(3)15-14-13)11-7-5-4-6-8-11/h4-9H,1-3H3. The molecule has 0 saturated carbocycles. The molecule has 1 nitrogen and oxygen atoms in total. The normalized spacial score (nSPS) is 10.9. The van der Waals surface area contributed by atoms with Crippen LogP contribution in [-0.2, 0) is 0 Å². The van der Waals surface area contributed by atoms with Crippen LogP contribution < -0.4 is 0 Å². The second kappa shape index (κ2) is 4.15. The molecule has 0 unspecified atom stereocenters. The summed E-state index contributed by atoms with van der Waals surface area (Å²) in [5.41, 5.74) is 3.84. The first-order valence-corrected chi connectivity index (χ1v) is 5.99. The van der Waals surface area contributed by atoms with Gasteiger partial charge in [0.05, 0.1) is 5.69 Å². The highest BCUT2D eigenvalue weighted by Crippen LogP contribution is 2.33. The number of nitrogens with zero attached hydrogens (tertiary/aromatic N) is 1. The van der Waals surface area contributed by atoms with Crippen molar-refractivity contribution in [3.05, 3.63) is 40.9 Å². The largest absolute Gasteiger partial charge is 0.197 e. The van der Waals surface area contributed by atoms with Gasteiger partial charge in [0.15, 0.2) is 0 Å². The zero-order valence-corrected chi connectivity index (χ0v) is 10.1. The molecule has 0 fully saturated rings. The van der Waals surface area contributed by atoms with Gasteiger partial charge in [-0.15, -0.1) is 0 Å². The van der Waals surface area contributed by atoms with Crippen LogP contribution in [0, 0.1) is 6.92 Å². The van der Waals surface area contributed by atoms with Crippen molar-refractivity contribution in [2.24, 2.45) is 0 Å². The number of hydrogen-bond acceptors (Lipinski definition) is 2. The highest BCUT2D eigenvalue weighted by molar-refractivity contribution is 7.06. The highest BCUT2D eigenvalue weighted by atomic mass is 32.1. The summed E-state index contributed by atoms with van der Waals surface area (Å²) in [5, 5.41) is 0. The van der Waals surface area contributed by atoms with Gasteiger partial charge in [0.2, 0.25) is 0 Å². The van der Waals surface area contributed by atoms with Crippen molar-refractivity contribution in [3.8, 4) is 11.1 Å². The molecule has 78 valence electrons. The van der Waals surface area contributed by atoms with E-state index in [4.69, 9.17) is 0 Å². The van der Waals surface area contributed by atoms with Crippen molar-refractivity contribution in [2.45, 2.75) is 26.7 Å². The molecular formula is C13H15NS. The third-order valence-corrected chi connectivity index (χ3v) is 3.26. The maximum absolute atomic E-state index is 4.53. The van der Waals surface area contributed by atoms with E-state index >= 15 is 0 Å². The molecule has 1 aromatic heterocycles. The van der Waals surface area contributed by atoms with Gasteiger partial charge in [0.25, 0.3) is 0 Å². The van der Waals surface area contributed by atoms with Gasteiger partial charge in [-0.25, -0.2) is 0 Å². The lowest BCUT2D eigenvalue weighted by atomic mass is 9.98. The van der Waals surface area contributed by atoms with E-state index in [9.17, 15) is 0 Å². The molecule has 0 aliphatic rings. The lowest BCUT2D eigenvalue weighted by Crippen LogP contribution is -1.91. The second-order valence-electron chi connectivity index (χ2n) is 4.02. The average Bonchev–Trinajstić information content (AvgIpc) is 2.61. The van der Waals surface area contributed by atoms with Crippen molar-refractivity contribution in [1.29, 1.82) is 0 Å². The fourth-order valence-electron chi connectivity index (χ4n) is 1.74. The van der Waals surface area contributed by atoms with Gasteiger partial charge < -0.3 is 0 Å². The van der Waals surface area contributed by atoms with E-state index < -0.39 is 0 Å². The van der Waals surface area contributed by atoms with Crippen molar-refractivity contribution in [1.82, 2.24) is 4.37 Å². The molecule has 15 heavy (non-hydrogen) atoms. The molecule has 1 aromatic carbocycles. The fourth-order valence-corrected chi connectivity index (χ4v) is 2.59. The van der Waals surface area contributed by atoms with Gasteiger partial charge in [0.1, 0.15) is 0 Å². The summed E-state index contributed by atoms with van der Waals surface area (Å²) in [6.45, 7) is 6.54. The van der Waals surface area contributed by atoms with E-state index in [1.54, 1.807) is 11.5 Å². The number of hydrogen-bond donors (Lipinski definition) is 0. The smallest absolute Gasteiger partial charge is 0.0648 e. The van der Waals surface area contributed by atoms with E-state index in [0.717, 1.165) is 0 Å². The molecule has 2 heteroatoms. The Hall–Kier alpha value is -1.15. The van der Waals surface area contributed by atoms with Gasteiger partial charge in [-0.05, 0) is 29.9 Å². The molecule has 0 aliphatic carbocycles. The van der Waals surface area contributed by atoms with Crippen LogP contribution in [-0.4, -0.2) is 4.37 Å². The van der Waals surface area contributed by atoms with Crippen LogP contribution in [0.3, 0.4) is 0 Å². The number of rotatable bonds is 2. The van der Waals surface area contributed by atoms with Crippen LogP contribution in [0.25, 0.3) is 11.1 Å². The molecule has 0 spiro atoms. The Morgan fingerprint density at radius 3 is 2.40 bits per heavy atom. The monoisotopic (exact) mass is 217 g/mol. The van der Waals surface area contributed by atoms with Crippen LogP contribution in [0.15, 0.2) is 30.3 Å². The summed E-state index contributed by atoms with van der Waals surface area (Å²) >= 11 is 1.60. The van der Waals surface area contributed by atoms with Gasteiger partial charge >= 0.3 is 0 Å². The van der Waals surface area contributed by atoms with Gasteiger partial charge in [-0.3, -0.25) is 0 Å². The summed E-state index contributed by atoms with van der Waals surface area (Å²) in [6.07, 6.45) is 0. The Balaban J connectivity index is 2.57. The predicted octanol–water partition coefficient (Wildman–Crippen LogP) is 4.24. The van der Waals surface area contributed by atoms with Crippen LogP contribution in [0.5, 0.6) is 0 Å². The molecule has 0 amide bonds. The average molecular weight is 217 g/mol. The molecule has 0 aliphatic heterocycles. The summed E-state index contributed by atoms with van der Waals surface area (Å²) in [4.78, 5) is 1.31. The van der Waals surface area contributed by atoms with Crippen LogP contribution in [0.2, 0.25) is 0 Å². The van der Waals surface area contributed by atoms with E-state index in [1.165, 1.54) is 21.7 Å². The van der Waals surface area contributed by atoms with Crippen molar-refractivity contribution in [3.63, 3.8) is 0 Å². The first-order valence-electron chi connectivity index (χ1n) is 5.21. The second-order valence-corrected chi connectivity index (χ2v) is 5.00. The molecular weight excluding hydrogens is 202 g/mol. The topological polar surface area (TPSA) is 12.9 Å². The lowest BCUT2D eigenvalue weighted by molar-refractivity contribution is 0.842.